The fourth-order valence-electron chi connectivity index (χ4n) is 1.36. The summed E-state index contributed by atoms with van der Waals surface area (Å²) in [7, 11) is 0. The van der Waals surface area contributed by atoms with Crippen LogP contribution < -0.4 is 10.6 Å². The van der Waals surface area contributed by atoms with Crippen LogP contribution in [0.5, 0.6) is 0 Å². The number of thiocarbonyl (C=S) groups is 1. The summed E-state index contributed by atoms with van der Waals surface area (Å²) in [5.74, 6) is 0. The maximum atomic E-state index is 5.45. The molecule has 0 aromatic rings. The Morgan fingerprint density at radius 3 is 2.83 bits per heavy atom. The van der Waals surface area contributed by atoms with E-state index in [4.69, 9.17) is 17.0 Å². The monoisotopic (exact) mass is 188 g/mol. The smallest absolute Gasteiger partial charge is 0.168 e. The van der Waals surface area contributed by atoms with Crippen molar-refractivity contribution in [1.82, 2.24) is 10.6 Å². The van der Waals surface area contributed by atoms with Crippen LogP contribution in [0.15, 0.2) is 0 Å². The van der Waals surface area contributed by atoms with Gasteiger partial charge >= 0.3 is 0 Å². The van der Waals surface area contributed by atoms with E-state index in [0.29, 0.717) is 5.11 Å². The van der Waals surface area contributed by atoms with Gasteiger partial charge in [0.05, 0.1) is 0 Å². The molecule has 1 saturated heterocycles. The molecule has 70 valence electrons. The summed E-state index contributed by atoms with van der Waals surface area (Å²) in [4.78, 5) is 0. The van der Waals surface area contributed by atoms with Crippen molar-refractivity contribution in [1.29, 1.82) is 0 Å². The molecule has 0 radical (unpaired) electrons. The van der Waals surface area contributed by atoms with Crippen LogP contribution >= 0.6 is 12.2 Å². The fraction of sp³-hybridized carbons (Fsp3) is 0.875. The zero-order chi connectivity index (χ0) is 9.19. The zero-order valence-electron chi connectivity index (χ0n) is 7.81. The molecule has 0 spiro atoms. The minimum absolute atomic E-state index is 0.0438. The van der Waals surface area contributed by atoms with Crippen molar-refractivity contribution in [2.24, 2.45) is 0 Å². The van der Waals surface area contributed by atoms with Crippen molar-refractivity contribution in [2.75, 3.05) is 6.61 Å². The van der Waals surface area contributed by atoms with Gasteiger partial charge in [0.1, 0.15) is 6.23 Å². The summed E-state index contributed by atoms with van der Waals surface area (Å²) >= 11 is 5.04. The first kappa shape index (κ1) is 9.74. The predicted octanol–water partition coefficient (Wildman–Crippen LogP) is 0.995. The Hall–Kier alpha value is -0.350. The summed E-state index contributed by atoms with van der Waals surface area (Å²) in [6, 6.07) is 0. The largest absolute Gasteiger partial charge is 0.359 e. The average Bonchev–Trinajstić information content (AvgIpc) is 1.82. The second-order valence-electron chi connectivity index (χ2n) is 3.63. The van der Waals surface area contributed by atoms with Gasteiger partial charge < -0.3 is 15.4 Å². The summed E-state index contributed by atoms with van der Waals surface area (Å²) in [6.07, 6.45) is 1.000. The highest BCUT2D eigenvalue weighted by Gasteiger charge is 2.29. The Morgan fingerprint density at radius 1 is 1.67 bits per heavy atom. The van der Waals surface area contributed by atoms with E-state index in [0.717, 1.165) is 13.0 Å². The molecule has 0 saturated carbocycles. The van der Waals surface area contributed by atoms with Crippen molar-refractivity contribution < 1.29 is 4.74 Å². The van der Waals surface area contributed by atoms with E-state index in [1.165, 1.54) is 0 Å². The molecule has 0 amide bonds. The minimum Gasteiger partial charge on any atom is -0.359 e. The highest BCUT2D eigenvalue weighted by Crippen LogP contribution is 2.15. The third-order valence-electron chi connectivity index (χ3n) is 1.81. The van der Waals surface area contributed by atoms with Crippen LogP contribution in [-0.4, -0.2) is 23.5 Å². The van der Waals surface area contributed by atoms with Crippen LogP contribution in [-0.2, 0) is 4.74 Å². The van der Waals surface area contributed by atoms with Crippen molar-refractivity contribution in [3.63, 3.8) is 0 Å². The molecule has 1 heterocycles. The van der Waals surface area contributed by atoms with Gasteiger partial charge in [0.25, 0.3) is 0 Å². The third-order valence-corrected chi connectivity index (χ3v) is 2.03. The van der Waals surface area contributed by atoms with Gasteiger partial charge in [-0.3, -0.25) is 0 Å². The summed E-state index contributed by atoms with van der Waals surface area (Å²) in [5.41, 5.74) is 0.0438. The molecule has 1 aliphatic heterocycles. The molecule has 0 bridgehead atoms. The molecular weight excluding hydrogens is 172 g/mol. The molecule has 2 N–H and O–H groups in total. The number of rotatable bonds is 2. The highest BCUT2D eigenvalue weighted by molar-refractivity contribution is 7.80. The molecule has 4 heteroatoms. The zero-order valence-corrected chi connectivity index (χ0v) is 8.62. The predicted molar refractivity (Wildman–Crippen MR) is 53.0 cm³/mol. The lowest BCUT2D eigenvalue weighted by molar-refractivity contribution is 0.0222. The lowest BCUT2D eigenvalue weighted by Crippen LogP contribution is -2.59. The molecule has 0 aliphatic carbocycles. The Kier molecular flexibility index (Phi) is 2.90. The first-order valence-corrected chi connectivity index (χ1v) is 4.64. The highest BCUT2D eigenvalue weighted by atomic mass is 32.1. The van der Waals surface area contributed by atoms with E-state index in [-0.39, 0.29) is 11.8 Å². The van der Waals surface area contributed by atoms with Gasteiger partial charge in [-0.1, -0.05) is 0 Å². The first-order valence-electron chi connectivity index (χ1n) is 4.24. The van der Waals surface area contributed by atoms with E-state index in [9.17, 15) is 0 Å². The maximum absolute atomic E-state index is 5.45. The van der Waals surface area contributed by atoms with Crippen molar-refractivity contribution in [3.05, 3.63) is 0 Å². The Bertz CT molecular complexity index is 182. The normalized spacial score (nSPS) is 27.6. The lowest BCUT2D eigenvalue weighted by atomic mass is 9.98. The molecule has 0 aromatic heterocycles. The Balaban J connectivity index is 2.51. The van der Waals surface area contributed by atoms with E-state index in [2.05, 4.69) is 24.5 Å². The molecule has 0 unspecified atom stereocenters. The fourth-order valence-corrected chi connectivity index (χ4v) is 1.76. The van der Waals surface area contributed by atoms with Gasteiger partial charge in [-0.2, -0.15) is 0 Å². The van der Waals surface area contributed by atoms with Gasteiger partial charge in [-0.25, -0.2) is 0 Å². The lowest BCUT2D eigenvalue weighted by Gasteiger charge is -2.38. The SMILES string of the molecule is CCO[C@H]1CC(C)(C)NC(=S)N1. The van der Waals surface area contributed by atoms with Crippen LogP contribution in [0.1, 0.15) is 27.2 Å². The molecule has 12 heavy (non-hydrogen) atoms. The van der Waals surface area contributed by atoms with E-state index >= 15 is 0 Å². The second kappa shape index (κ2) is 3.58. The Morgan fingerprint density at radius 2 is 2.33 bits per heavy atom. The molecular formula is C8H16N2OS. The maximum Gasteiger partial charge on any atom is 0.168 e. The van der Waals surface area contributed by atoms with Crippen molar-refractivity contribution >= 4 is 17.3 Å². The average molecular weight is 188 g/mol. The molecule has 1 rings (SSSR count). The van der Waals surface area contributed by atoms with E-state index in [1.54, 1.807) is 0 Å². The van der Waals surface area contributed by atoms with Crippen molar-refractivity contribution in [3.8, 4) is 0 Å². The summed E-state index contributed by atoms with van der Waals surface area (Å²) in [6.45, 7) is 6.94. The molecule has 1 atom stereocenters. The van der Waals surface area contributed by atoms with Gasteiger partial charge in [0.15, 0.2) is 5.11 Å². The number of hydrogen-bond donors (Lipinski definition) is 2. The first-order chi connectivity index (χ1) is 5.53. The molecule has 0 aromatic carbocycles. The summed E-state index contributed by atoms with van der Waals surface area (Å²) in [5, 5.41) is 6.94. The van der Waals surface area contributed by atoms with Crippen molar-refractivity contribution in [2.45, 2.75) is 39.0 Å². The van der Waals surface area contributed by atoms with Crippen LogP contribution in [0, 0.1) is 0 Å². The third kappa shape index (κ3) is 2.60. The molecule has 1 fully saturated rings. The topological polar surface area (TPSA) is 33.3 Å². The number of ether oxygens (including phenoxy) is 1. The minimum atomic E-state index is 0.0438. The van der Waals surface area contributed by atoms with Crippen LogP contribution in [0.3, 0.4) is 0 Å². The second-order valence-corrected chi connectivity index (χ2v) is 4.04. The van der Waals surface area contributed by atoms with Crippen LogP contribution in [0.25, 0.3) is 0 Å². The van der Waals surface area contributed by atoms with E-state index < -0.39 is 0 Å². The van der Waals surface area contributed by atoms with Gasteiger partial charge in [-0.05, 0) is 33.0 Å². The van der Waals surface area contributed by atoms with Crippen LogP contribution in [0.4, 0.5) is 0 Å². The quantitative estimate of drug-likeness (QED) is 0.633. The Labute approximate surface area is 78.9 Å². The number of nitrogens with one attached hydrogen (secondary N) is 2. The number of hydrogen-bond acceptors (Lipinski definition) is 2. The molecule has 1 aliphatic rings. The standard InChI is InChI=1S/C8H16N2OS/c1-4-11-6-5-8(2,3)10-7(12)9-6/h6H,4-5H2,1-3H3,(H2,9,10,12)/t6-/m0/s1. The van der Waals surface area contributed by atoms with Gasteiger partial charge in [-0.15, -0.1) is 0 Å². The van der Waals surface area contributed by atoms with Crippen LogP contribution in [0.2, 0.25) is 0 Å². The van der Waals surface area contributed by atoms with E-state index in [1.807, 2.05) is 6.92 Å². The summed E-state index contributed by atoms with van der Waals surface area (Å²) < 4.78 is 5.45. The van der Waals surface area contributed by atoms with Gasteiger partial charge in [0.2, 0.25) is 0 Å². The molecule has 3 nitrogen and oxygen atoms in total. The van der Waals surface area contributed by atoms with Gasteiger partial charge in [0, 0.05) is 18.6 Å².